The summed E-state index contributed by atoms with van der Waals surface area (Å²) in [6.07, 6.45) is 15.3. The second kappa shape index (κ2) is 14.3. The van der Waals surface area contributed by atoms with Crippen molar-refractivity contribution in [3.63, 3.8) is 0 Å². The average Bonchev–Trinajstić information content (AvgIpc) is 3.03. The van der Waals surface area contributed by atoms with Crippen molar-refractivity contribution < 1.29 is 30.0 Å². The molecule has 0 aromatic carbocycles. The van der Waals surface area contributed by atoms with Crippen molar-refractivity contribution >= 4 is 5.97 Å². The van der Waals surface area contributed by atoms with Crippen LogP contribution in [0.1, 0.15) is 51.9 Å². The molecular formula is C22H34O6. The van der Waals surface area contributed by atoms with Gasteiger partial charge in [-0.05, 0) is 32.1 Å². The highest BCUT2D eigenvalue weighted by Gasteiger charge is 2.35. The van der Waals surface area contributed by atoms with Crippen LogP contribution < -0.4 is 0 Å². The first kappa shape index (κ1) is 24.3. The van der Waals surface area contributed by atoms with E-state index in [-0.39, 0.29) is 6.42 Å². The molecule has 5 atom stereocenters. The highest BCUT2D eigenvalue weighted by Crippen LogP contribution is 2.25. The lowest BCUT2D eigenvalue weighted by molar-refractivity contribution is -0.136. The first-order valence-electron chi connectivity index (χ1n) is 9.98. The normalized spacial score (nSPS) is 25.5. The number of carboxylic acid groups (broad SMARTS) is 1. The molecule has 6 nitrogen and oxygen atoms in total. The Kier molecular flexibility index (Phi) is 12.4. The molecule has 0 radical (unpaired) electrons. The van der Waals surface area contributed by atoms with Crippen molar-refractivity contribution in [1.82, 2.24) is 0 Å². The summed E-state index contributed by atoms with van der Waals surface area (Å²) in [5, 5.41) is 38.8. The van der Waals surface area contributed by atoms with Crippen LogP contribution in [0.2, 0.25) is 0 Å². The Morgan fingerprint density at radius 2 is 1.82 bits per heavy atom. The maximum Gasteiger partial charge on any atom is 0.303 e. The van der Waals surface area contributed by atoms with Gasteiger partial charge in [-0.2, -0.15) is 0 Å². The quantitative estimate of drug-likeness (QED) is 0.358. The fourth-order valence-corrected chi connectivity index (χ4v) is 2.84. The minimum Gasteiger partial charge on any atom is -0.481 e. The van der Waals surface area contributed by atoms with Crippen molar-refractivity contribution in [3.05, 3.63) is 48.6 Å². The molecule has 0 spiro atoms. The lowest BCUT2D eigenvalue weighted by Crippen LogP contribution is -2.25. The van der Waals surface area contributed by atoms with Crippen LogP contribution in [0.15, 0.2) is 48.6 Å². The number of aliphatic hydroxyl groups is 3. The molecule has 4 N–H and O–H groups in total. The van der Waals surface area contributed by atoms with Gasteiger partial charge in [0.1, 0.15) is 6.10 Å². The molecule has 1 saturated heterocycles. The van der Waals surface area contributed by atoms with Crippen LogP contribution in [0.4, 0.5) is 0 Å². The molecule has 1 aliphatic heterocycles. The molecule has 0 amide bonds. The van der Waals surface area contributed by atoms with Gasteiger partial charge in [0.25, 0.3) is 0 Å². The zero-order valence-corrected chi connectivity index (χ0v) is 16.6. The number of carboxylic acids is 1. The summed E-state index contributed by atoms with van der Waals surface area (Å²) in [5.74, 6) is -0.805. The minimum atomic E-state index is -0.805. The molecular weight excluding hydrogens is 360 g/mol. The van der Waals surface area contributed by atoms with Crippen molar-refractivity contribution in [2.45, 2.75) is 82.4 Å². The van der Waals surface area contributed by atoms with Gasteiger partial charge < -0.3 is 25.2 Å². The molecule has 0 aromatic rings. The molecule has 6 heteroatoms. The number of hydrogen-bond donors (Lipinski definition) is 4. The summed E-state index contributed by atoms with van der Waals surface area (Å²) in [4.78, 5) is 10.4. The van der Waals surface area contributed by atoms with E-state index in [1.165, 1.54) is 0 Å². The molecule has 0 unspecified atom stereocenters. The Balaban J connectivity index is 2.29. The predicted molar refractivity (Wildman–Crippen MR) is 109 cm³/mol. The van der Waals surface area contributed by atoms with Gasteiger partial charge in [0.05, 0.1) is 24.4 Å². The molecule has 158 valence electrons. The number of aliphatic hydroxyl groups excluding tert-OH is 3. The fourth-order valence-electron chi connectivity index (χ4n) is 2.84. The van der Waals surface area contributed by atoms with Gasteiger partial charge in [-0.25, -0.2) is 0 Å². The van der Waals surface area contributed by atoms with E-state index in [1.807, 2.05) is 43.4 Å². The number of ether oxygens (including phenoxy) is 1. The molecule has 0 aromatic heterocycles. The number of allylic oxidation sites excluding steroid dienone is 4. The number of hydrogen-bond acceptors (Lipinski definition) is 5. The number of rotatable bonds is 13. The smallest absolute Gasteiger partial charge is 0.303 e. The topological polar surface area (TPSA) is 107 Å². The zero-order valence-electron chi connectivity index (χ0n) is 16.6. The van der Waals surface area contributed by atoms with E-state index in [0.717, 1.165) is 6.42 Å². The monoisotopic (exact) mass is 394 g/mol. The maximum absolute atomic E-state index is 10.4. The molecule has 1 heterocycles. The highest BCUT2D eigenvalue weighted by atomic mass is 16.5. The first-order valence-corrected chi connectivity index (χ1v) is 9.98. The van der Waals surface area contributed by atoms with E-state index in [9.17, 15) is 20.1 Å². The summed E-state index contributed by atoms with van der Waals surface area (Å²) >= 11 is 0. The van der Waals surface area contributed by atoms with Crippen LogP contribution in [-0.2, 0) is 9.53 Å². The summed E-state index contributed by atoms with van der Waals surface area (Å²) in [6, 6.07) is 0. The van der Waals surface area contributed by atoms with Gasteiger partial charge in [-0.3, -0.25) is 4.79 Å². The van der Waals surface area contributed by atoms with Gasteiger partial charge in [0, 0.05) is 12.8 Å². The van der Waals surface area contributed by atoms with E-state index >= 15 is 0 Å². The third-order valence-corrected chi connectivity index (χ3v) is 4.42. The van der Waals surface area contributed by atoms with Crippen LogP contribution >= 0.6 is 0 Å². The Morgan fingerprint density at radius 1 is 1.11 bits per heavy atom. The van der Waals surface area contributed by atoms with Crippen LogP contribution in [0.25, 0.3) is 0 Å². The maximum atomic E-state index is 10.4. The standard InChI is InChI=1S/C22H34O6/c1-2-3-8-12-18(24)21-16-19(25)20(28-21)15-14-17(23)11-9-6-4-5-7-10-13-22(26)27/h3,5-9,14-15,17-21,23-25H,2,4,10-13,16H2,1H3,(H,26,27)/b7-5-,8-3-,9-6-,15-14+/t17-,18-,19+,20-,21+/m0/s1. The van der Waals surface area contributed by atoms with E-state index in [4.69, 9.17) is 9.84 Å². The van der Waals surface area contributed by atoms with Crippen molar-refractivity contribution in [3.8, 4) is 0 Å². The summed E-state index contributed by atoms with van der Waals surface area (Å²) in [5.41, 5.74) is 0. The van der Waals surface area contributed by atoms with E-state index in [2.05, 4.69) is 0 Å². The van der Waals surface area contributed by atoms with Crippen LogP contribution in [0.5, 0.6) is 0 Å². The molecule has 1 rings (SSSR count). The summed E-state index contributed by atoms with van der Waals surface area (Å²) in [7, 11) is 0. The van der Waals surface area contributed by atoms with Gasteiger partial charge >= 0.3 is 5.97 Å². The Bertz CT molecular complexity index is 551. The molecule has 28 heavy (non-hydrogen) atoms. The second-order valence-corrected chi connectivity index (χ2v) is 6.92. The Morgan fingerprint density at radius 3 is 2.54 bits per heavy atom. The minimum absolute atomic E-state index is 0.131. The molecule has 0 bridgehead atoms. The third kappa shape index (κ3) is 10.6. The SMILES string of the molecule is CC/C=C\C[C@H](O)[C@H]1C[C@@H](O)[C@H](/C=C/[C@@H](O)C/C=C\C/C=C\CCC(=O)O)O1. The zero-order chi connectivity index (χ0) is 20.8. The van der Waals surface area contributed by atoms with Gasteiger partial charge in [0.2, 0.25) is 0 Å². The van der Waals surface area contributed by atoms with Crippen LogP contribution in [0.3, 0.4) is 0 Å². The molecule has 1 aliphatic rings. The number of carbonyl (C=O) groups is 1. The lowest BCUT2D eigenvalue weighted by atomic mass is 10.0. The van der Waals surface area contributed by atoms with Crippen molar-refractivity contribution in [1.29, 1.82) is 0 Å². The first-order chi connectivity index (χ1) is 13.4. The van der Waals surface area contributed by atoms with Crippen LogP contribution in [-0.4, -0.2) is 56.9 Å². The van der Waals surface area contributed by atoms with Gasteiger partial charge in [0.15, 0.2) is 0 Å². The number of aliphatic carboxylic acids is 1. The highest BCUT2D eigenvalue weighted by molar-refractivity contribution is 5.66. The average molecular weight is 395 g/mol. The van der Waals surface area contributed by atoms with Crippen LogP contribution in [0, 0.1) is 0 Å². The van der Waals surface area contributed by atoms with Crippen molar-refractivity contribution in [2.24, 2.45) is 0 Å². The lowest BCUT2D eigenvalue weighted by Gasteiger charge is -2.16. The van der Waals surface area contributed by atoms with E-state index < -0.39 is 36.5 Å². The Hall–Kier alpha value is -1.73. The largest absolute Gasteiger partial charge is 0.481 e. The molecule has 0 saturated carbocycles. The van der Waals surface area contributed by atoms with E-state index in [1.54, 1.807) is 12.2 Å². The predicted octanol–water partition coefficient (Wildman–Crippen LogP) is 2.90. The van der Waals surface area contributed by atoms with E-state index in [0.29, 0.717) is 32.1 Å². The molecule has 0 aliphatic carbocycles. The summed E-state index contributed by atoms with van der Waals surface area (Å²) in [6.45, 7) is 2.03. The Labute approximate surface area is 167 Å². The molecule has 1 fully saturated rings. The van der Waals surface area contributed by atoms with Crippen molar-refractivity contribution in [2.75, 3.05) is 0 Å². The summed E-state index contributed by atoms with van der Waals surface area (Å²) < 4.78 is 5.71. The fraction of sp³-hybridized carbons (Fsp3) is 0.591. The third-order valence-electron chi connectivity index (χ3n) is 4.42. The second-order valence-electron chi connectivity index (χ2n) is 6.92. The van der Waals surface area contributed by atoms with Gasteiger partial charge in [-0.15, -0.1) is 0 Å². The van der Waals surface area contributed by atoms with Gasteiger partial charge in [-0.1, -0.05) is 55.5 Å².